The highest BCUT2D eigenvalue weighted by atomic mass is 32.1. The van der Waals surface area contributed by atoms with Crippen LogP contribution in [0.3, 0.4) is 0 Å². The maximum Gasteiger partial charge on any atom is 0.0973 e. The highest BCUT2D eigenvalue weighted by Crippen LogP contribution is 2.22. The van der Waals surface area contributed by atoms with Gasteiger partial charge in [-0.1, -0.05) is 42.5 Å². The van der Waals surface area contributed by atoms with E-state index < -0.39 is 0 Å². The molecule has 0 saturated heterocycles. The van der Waals surface area contributed by atoms with Crippen molar-refractivity contribution >= 4 is 22.1 Å². The van der Waals surface area contributed by atoms with Crippen molar-refractivity contribution in [3.8, 4) is 0 Å². The molecule has 90 valence electrons. The highest BCUT2D eigenvalue weighted by molar-refractivity contribution is 7.09. The van der Waals surface area contributed by atoms with Crippen molar-refractivity contribution in [1.82, 2.24) is 4.98 Å². The first kappa shape index (κ1) is 11.4. The molecule has 0 aliphatic heterocycles. The Morgan fingerprint density at radius 2 is 1.89 bits per heavy atom. The predicted octanol–water partition coefficient (Wildman–Crippen LogP) is 3.38. The number of rotatable bonds is 3. The van der Waals surface area contributed by atoms with E-state index in [2.05, 4.69) is 47.4 Å². The number of benzene rings is 2. The number of hydrogen-bond donors (Lipinski definition) is 1. The molecule has 0 radical (unpaired) electrons. The Kier molecular flexibility index (Phi) is 3.09. The van der Waals surface area contributed by atoms with Crippen molar-refractivity contribution in [1.29, 1.82) is 0 Å². The van der Waals surface area contributed by atoms with Crippen LogP contribution < -0.4 is 0 Å². The first-order chi connectivity index (χ1) is 8.86. The fraction of sp³-hybridized carbons (Fsp3) is 0.133. The summed E-state index contributed by atoms with van der Waals surface area (Å²) in [5, 5.41) is 14.5. The van der Waals surface area contributed by atoms with Gasteiger partial charge in [-0.15, -0.1) is 11.3 Å². The number of nitrogens with zero attached hydrogens (tertiary/aromatic N) is 1. The van der Waals surface area contributed by atoms with Gasteiger partial charge in [-0.3, -0.25) is 0 Å². The minimum absolute atomic E-state index is 0.0199. The molecule has 2 nitrogen and oxygen atoms in total. The second-order valence-electron chi connectivity index (χ2n) is 4.21. The molecule has 3 heteroatoms. The summed E-state index contributed by atoms with van der Waals surface area (Å²) in [6.45, 7) is 0.0199. The van der Waals surface area contributed by atoms with Gasteiger partial charge in [-0.25, -0.2) is 4.98 Å². The summed E-state index contributed by atoms with van der Waals surface area (Å²) < 4.78 is 0. The fourth-order valence-electron chi connectivity index (χ4n) is 2.11. The molecule has 2 aromatic carbocycles. The SMILES string of the molecule is OCc1csc(Cc2cccc3ccccc23)n1. The van der Waals surface area contributed by atoms with Crippen LogP contribution in [-0.4, -0.2) is 10.1 Å². The van der Waals surface area contributed by atoms with Gasteiger partial charge in [-0.2, -0.15) is 0 Å². The van der Waals surface area contributed by atoms with Gasteiger partial charge in [0, 0.05) is 11.8 Å². The molecule has 0 aliphatic carbocycles. The van der Waals surface area contributed by atoms with E-state index in [0.29, 0.717) is 0 Å². The van der Waals surface area contributed by atoms with Crippen LogP contribution in [0, 0.1) is 0 Å². The molecule has 3 aromatic rings. The van der Waals surface area contributed by atoms with Crippen LogP contribution in [0.1, 0.15) is 16.3 Å². The Bertz CT molecular complexity index is 670. The first-order valence-corrected chi connectivity index (χ1v) is 6.75. The second kappa shape index (κ2) is 4.88. The van der Waals surface area contributed by atoms with Crippen LogP contribution in [-0.2, 0) is 13.0 Å². The third-order valence-electron chi connectivity index (χ3n) is 2.98. The lowest BCUT2D eigenvalue weighted by Crippen LogP contribution is -1.90. The van der Waals surface area contributed by atoms with Gasteiger partial charge < -0.3 is 5.11 Å². The molecule has 3 rings (SSSR count). The molecule has 1 heterocycles. The molecule has 0 amide bonds. The van der Waals surface area contributed by atoms with E-state index in [-0.39, 0.29) is 6.61 Å². The minimum Gasteiger partial charge on any atom is -0.390 e. The van der Waals surface area contributed by atoms with Crippen molar-refractivity contribution < 1.29 is 5.11 Å². The monoisotopic (exact) mass is 255 g/mol. The number of aromatic nitrogens is 1. The number of thiazole rings is 1. The van der Waals surface area contributed by atoms with Gasteiger partial charge in [0.25, 0.3) is 0 Å². The van der Waals surface area contributed by atoms with Gasteiger partial charge in [0.1, 0.15) is 0 Å². The molecule has 0 unspecified atom stereocenters. The average molecular weight is 255 g/mol. The number of aliphatic hydroxyl groups excluding tert-OH is 1. The molecule has 18 heavy (non-hydrogen) atoms. The maximum atomic E-state index is 9.03. The lowest BCUT2D eigenvalue weighted by Gasteiger charge is -2.04. The summed E-state index contributed by atoms with van der Waals surface area (Å²) in [4.78, 5) is 4.40. The van der Waals surface area contributed by atoms with Crippen LogP contribution in [0.2, 0.25) is 0 Å². The predicted molar refractivity (Wildman–Crippen MR) is 74.8 cm³/mol. The van der Waals surface area contributed by atoms with Crippen molar-refractivity contribution in [3.05, 3.63) is 64.1 Å². The zero-order valence-corrected chi connectivity index (χ0v) is 10.7. The summed E-state index contributed by atoms with van der Waals surface area (Å²) >= 11 is 1.61. The standard InChI is InChI=1S/C15H13NOS/c17-9-13-10-18-15(16-13)8-12-6-3-5-11-4-1-2-7-14(11)12/h1-7,10,17H,8-9H2. The third kappa shape index (κ3) is 2.15. The fourth-order valence-corrected chi connectivity index (χ4v) is 2.92. The molecule has 0 saturated carbocycles. The Morgan fingerprint density at radius 3 is 2.72 bits per heavy atom. The van der Waals surface area contributed by atoms with Gasteiger partial charge in [0.05, 0.1) is 17.3 Å². The van der Waals surface area contributed by atoms with E-state index in [9.17, 15) is 0 Å². The minimum atomic E-state index is 0.0199. The highest BCUT2D eigenvalue weighted by Gasteiger charge is 2.05. The molecular formula is C15H13NOS. The molecule has 1 aromatic heterocycles. The normalized spacial score (nSPS) is 10.9. The van der Waals surface area contributed by atoms with Gasteiger partial charge in [0.2, 0.25) is 0 Å². The molecule has 0 bridgehead atoms. The van der Waals surface area contributed by atoms with E-state index in [1.807, 2.05) is 5.38 Å². The average Bonchev–Trinajstić information content (AvgIpc) is 2.87. The van der Waals surface area contributed by atoms with E-state index >= 15 is 0 Å². The maximum absolute atomic E-state index is 9.03. The van der Waals surface area contributed by atoms with E-state index in [1.54, 1.807) is 11.3 Å². The Labute approximate surface area is 110 Å². The largest absolute Gasteiger partial charge is 0.390 e. The van der Waals surface area contributed by atoms with Crippen LogP contribution >= 0.6 is 11.3 Å². The summed E-state index contributed by atoms with van der Waals surface area (Å²) in [7, 11) is 0. The Balaban J connectivity index is 1.99. The molecule has 0 spiro atoms. The van der Waals surface area contributed by atoms with E-state index in [1.165, 1.54) is 16.3 Å². The van der Waals surface area contributed by atoms with Gasteiger partial charge >= 0.3 is 0 Å². The molecular weight excluding hydrogens is 242 g/mol. The van der Waals surface area contributed by atoms with Crippen molar-refractivity contribution in [2.45, 2.75) is 13.0 Å². The Morgan fingerprint density at radius 1 is 1.06 bits per heavy atom. The first-order valence-electron chi connectivity index (χ1n) is 5.87. The van der Waals surface area contributed by atoms with Crippen LogP contribution in [0.15, 0.2) is 47.8 Å². The molecule has 0 aliphatic rings. The number of hydrogen-bond acceptors (Lipinski definition) is 3. The van der Waals surface area contributed by atoms with Crippen molar-refractivity contribution in [3.63, 3.8) is 0 Å². The number of aliphatic hydroxyl groups is 1. The van der Waals surface area contributed by atoms with Gasteiger partial charge in [-0.05, 0) is 16.3 Å². The smallest absolute Gasteiger partial charge is 0.0973 e. The lowest BCUT2D eigenvalue weighted by molar-refractivity contribution is 0.277. The van der Waals surface area contributed by atoms with E-state index in [4.69, 9.17) is 5.11 Å². The quantitative estimate of drug-likeness (QED) is 0.778. The molecule has 0 fully saturated rings. The van der Waals surface area contributed by atoms with Crippen molar-refractivity contribution in [2.24, 2.45) is 0 Å². The van der Waals surface area contributed by atoms with Crippen molar-refractivity contribution in [2.75, 3.05) is 0 Å². The summed E-state index contributed by atoms with van der Waals surface area (Å²) in [5.41, 5.74) is 2.04. The van der Waals surface area contributed by atoms with E-state index in [0.717, 1.165) is 17.1 Å². The lowest BCUT2D eigenvalue weighted by atomic mass is 10.0. The van der Waals surface area contributed by atoms with Gasteiger partial charge in [0.15, 0.2) is 0 Å². The second-order valence-corrected chi connectivity index (χ2v) is 5.15. The zero-order chi connectivity index (χ0) is 12.4. The summed E-state index contributed by atoms with van der Waals surface area (Å²) in [6, 6.07) is 14.7. The Hall–Kier alpha value is -1.71. The molecule has 0 atom stereocenters. The summed E-state index contributed by atoms with van der Waals surface area (Å²) in [5.74, 6) is 0. The zero-order valence-electron chi connectivity index (χ0n) is 9.84. The van der Waals surface area contributed by atoms with Crippen LogP contribution in [0.25, 0.3) is 10.8 Å². The number of fused-ring (bicyclic) bond motifs is 1. The summed E-state index contributed by atoms with van der Waals surface area (Å²) in [6.07, 6.45) is 0.825. The van der Waals surface area contributed by atoms with Crippen LogP contribution in [0.5, 0.6) is 0 Å². The van der Waals surface area contributed by atoms with Crippen LogP contribution in [0.4, 0.5) is 0 Å². The topological polar surface area (TPSA) is 33.1 Å². The third-order valence-corrected chi connectivity index (χ3v) is 3.88. The molecule has 1 N–H and O–H groups in total.